The SMILES string of the molecule is O=C(O)CCN(C(=O)C1CCC1)C1CCOCC1. The highest BCUT2D eigenvalue weighted by Crippen LogP contribution is 2.30. The van der Waals surface area contributed by atoms with E-state index in [4.69, 9.17) is 9.84 Å². The molecule has 0 aromatic carbocycles. The van der Waals surface area contributed by atoms with Crippen LogP contribution in [0, 0.1) is 5.92 Å². The van der Waals surface area contributed by atoms with Crippen molar-refractivity contribution < 1.29 is 19.4 Å². The number of aliphatic carboxylic acids is 1. The van der Waals surface area contributed by atoms with E-state index in [0.29, 0.717) is 19.8 Å². The molecule has 0 bridgehead atoms. The number of rotatable bonds is 5. The van der Waals surface area contributed by atoms with Gasteiger partial charge in [-0.2, -0.15) is 0 Å². The van der Waals surface area contributed by atoms with Crippen LogP contribution in [0.5, 0.6) is 0 Å². The van der Waals surface area contributed by atoms with E-state index in [1.807, 2.05) is 0 Å². The molecule has 0 atom stereocenters. The summed E-state index contributed by atoms with van der Waals surface area (Å²) in [5.41, 5.74) is 0. The summed E-state index contributed by atoms with van der Waals surface area (Å²) in [5.74, 6) is -0.537. The van der Waals surface area contributed by atoms with Gasteiger partial charge in [-0.3, -0.25) is 9.59 Å². The first kappa shape index (κ1) is 13.3. The van der Waals surface area contributed by atoms with Crippen molar-refractivity contribution in [2.75, 3.05) is 19.8 Å². The minimum Gasteiger partial charge on any atom is -0.481 e. The summed E-state index contributed by atoms with van der Waals surface area (Å²) in [7, 11) is 0. The fourth-order valence-electron chi connectivity index (χ4n) is 2.58. The number of ether oxygens (including phenoxy) is 1. The molecule has 1 aliphatic heterocycles. The zero-order valence-corrected chi connectivity index (χ0v) is 10.6. The summed E-state index contributed by atoms with van der Waals surface area (Å²) < 4.78 is 5.30. The van der Waals surface area contributed by atoms with Gasteiger partial charge in [0.15, 0.2) is 0 Å². The first-order valence-corrected chi connectivity index (χ1v) is 6.78. The average Bonchev–Trinajstić information content (AvgIpc) is 2.28. The van der Waals surface area contributed by atoms with E-state index in [9.17, 15) is 9.59 Å². The van der Waals surface area contributed by atoms with E-state index in [-0.39, 0.29) is 24.3 Å². The van der Waals surface area contributed by atoms with Gasteiger partial charge < -0.3 is 14.7 Å². The van der Waals surface area contributed by atoms with Crippen molar-refractivity contribution in [2.45, 2.75) is 44.6 Å². The third-order valence-corrected chi connectivity index (χ3v) is 3.94. The van der Waals surface area contributed by atoms with E-state index >= 15 is 0 Å². The van der Waals surface area contributed by atoms with Crippen molar-refractivity contribution in [1.82, 2.24) is 4.90 Å². The van der Waals surface area contributed by atoms with Crippen LogP contribution in [0.1, 0.15) is 38.5 Å². The van der Waals surface area contributed by atoms with Gasteiger partial charge in [-0.1, -0.05) is 6.42 Å². The Kier molecular flexibility index (Phi) is 4.58. The van der Waals surface area contributed by atoms with Crippen LogP contribution >= 0.6 is 0 Å². The molecule has 0 aromatic heterocycles. The third kappa shape index (κ3) is 3.22. The predicted molar refractivity (Wildman–Crippen MR) is 65.1 cm³/mol. The lowest BCUT2D eigenvalue weighted by Gasteiger charge is -2.38. The molecule has 2 fully saturated rings. The van der Waals surface area contributed by atoms with Gasteiger partial charge in [0.2, 0.25) is 5.91 Å². The summed E-state index contributed by atoms with van der Waals surface area (Å²) in [6, 6.07) is 0.172. The van der Waals surface area contributed by atoms with E-state index in [0.717, 1.165) is 32.1 Å². The fourth-order valence-corrected chi connectivity index (χ4v) is 2.58. The lowest BCUT2D eigenvalue weighted by molar-refractivity contribution is -0.144. The molecular weight excluding hydrogens is 234 g/mol. The van der Waals surface area contributed by atoms with E-state index in [1.54, 1.807) is 4.90 Å². The highest BCUT2D eigenvalue weighted by Gasteiger charge is 2.33. The predicted octanol–water partition coefficient (Wildman–Crippen LogP) is 1.27. The third-order valence-electron chi connectivity index (χ3n) is 3.94. The average molecular weight is 255 g/mol. The second kappa shape index (κ2) is 6.18. The Balaban J connectivity index is 1.95. The summed E-state index contributed by atoms with van der Waals surface area (Å²) in [6.07, 6.45) is 4.75. The molecule has 1 aliphatic carbocycles. The van der Waals surface area contributed by atoms with E-state index < -0.39 is 5.97 Å². The Bertz CT molecular complexity index is 308. The second-order valence-electron chi connectivity index (χ2n) is 5.15. The molecule has 0 unspecified atom stereocenters. The fraction of sp³-hybridized carbons (Fsp3) is 0.846. The highest BCUT2D eigenvalue weighted by molar-refractivity contribution is 5.80. The van der Waals surface area contributed by atoms with Crippen LogP contribution in [0.2, 0.25) is 0 Å². The second-order valence-corrected chi connectivity index (χ2v) is 5.15. The van der Waals surface area contributed by atoms with Crippen LogP contribution in [0.4, 0.5) is 0 Å². The van der Waals surface area contributed by atoms with Crippen LogP contribution in [0.25, 0.3) is 0 Å². The quantitative estimate of drug-likeness (QED) is 0.803. The zero-order valence-electron chi connectivity index (χ0n) is 10.6. The Hall–Kier alpha value is -1.10. The molecule has 0 aromatic rings. The van der Waals surface area contributed by atoms with Crippen LogP contribution < -0.4 is 0 Å². The number of hydrogen-bond donors (Lipinski definition) is 1. The minimum absolute atomic E-state index is 0.0375. The summed E-state index contributed by atoms with van der Waals surface area (Å²) in [4.78, 5) is 24.8. The van der Waals surface area contributed by atoms with Crippen LogP contribution in [0.3, 0.4) is 0 Å². The molecule has 2 aliphatic rings. The Morgan fingerprint density at radius 3 is 2.33 bits per heavy atom. The minimum atomic E-state index is -0.839. The van der Waals surface area contributed by atoms with Crippen molar-refractivity contribution >= 4 is 11.9 Å². The summed E-state index contributed by atoms with van der Waals surface area (Å²) >= 11 is 0. The van der Waals surface area contributed by atoms with Gasteiger partial charge in [0.1, 0.15) is 0 Å². The van der Waals surface area contributed by atoms with Gasteiger partial charge in [-0.25, -0.2) is 0 Å². The largest absolute Gasteiger partial charge is 0.481 e. The molecule has 0 radical (unpaired) electrons. The number of carbonyl (C=O) groups excluding carboxylic acids is 1. The number of carboxylic acid groups (broad SMARTS) is 1. The summed E-state index contributed by atoms with van der Waals surface area (Å²) in [6.45, 7) is 1.69. The molecule has 1 amide bonds. The van der Waals surface area contributed by atoms with Gasteiger partial charge in [0.25, 0.3) is 0 Å². The van der Waals surface area contributed by atoms with Gasteiger partial charge in [-0.15, -0.1) is 0 Å². The molecule has 5 heteroatoms. The van der Waals surface area contributed by atoms with Crippen molar-refractivity contribution in [3.05, 3.63) is 0 Å². The maximum absolute atomic E-state index is 12.3. The first-order chi connectivity index (χ1) is 8.68. The Morgan fingerprint density at radius 2 is 1.83 bits per heavy atom. The normalized spacial score (nSPS) is 21.3. The number of hydrogen-bond acceptors (Lipinski definition) is 3. The Labute approximate surface area is 107 Å². The van der Waals surface area contributed by atoms with Gasteiger partial charge in [0, 0.05) is 31.7 Å². The molecule has 5 nitrogen and oxygen atoms in total. The van der Waals surface area contributed by atoms with Crippen molar-refractivity contribution in [1.29, 1.82) is 0 Å². The lowest BCUT2D eigenvalue weighted by Crippen LogP contribution is -2.48. The van der Waals surface area contributed by atoms with Crippen LogP contribution in [-0.2, 0) is 14.3 Å². The lowest BCUT2D eigenvalue weighted by atomic mass is 9.83. The van der Waals surface area contributed by atoms with Gasteiger partial charge >= 0.3 is 5.97 Å². The molecule has 1 N–H and O–H groups in total. The standard InChI is InChI=1S/C13H21NO4/c15-12(16)4-7-14(11-5-8-18-9-6-11)13(17)10-2-1-3-10/h10-11H,1-9H2,(H,15,16). The van der Waals surface area contributed by atoms with Gasteiger partial charge in [0.05, 0.1) is 6.42 Å². The molecular formula is C13H21NO4. The number of nitrogens with zero attached hydrogens (tertiary/aromatic N) is 1. The molecule has 18 heavy (non-hydrogen) atoms. The molecule has 1 heterocycles. The van der Waals surface area contributed by atoms with Crippen LogP contribution in [-0.4, -0.2) is 47.7 Å². The zero-order chi connectivity index (χ0) is 13.0. The monoisotopic (exact) mass is 255 g/mol. The van der Waals surface area contributed by atoms with E-state index in [2.05, 4.69) is 0 Å². The highest BCUT2D eigenvalue weighted by atomic mass is 16.5. The Morgan fingerprint density at radius 1 is 1.17 bits per heavy atom. The number of carboxylic acids is 1. The smallest absolute Gasteiger partial charge is 0.305 e. The van der Waals surface area contributed by atoms with Crippen LogP contribution in [0.15, 0.2) is 0 Å². The molecule has 2 rings (SSSR count). The van der Waals surface area contributed by atoms with Crippen molar-refractivity contribution in [3.8, 4) is 0 Å². The molecule has 1 saturated heterocycles. The molecule has 1 saturated carbocycles. The molecule has 102 valence electrons. The summed E-state index contributed by atoms with van der Waals surface area (Å²) in [5, 5.41) is 8.79. The maximum atomic E-state index is 12.3. The first-order valence-electron chi connectivity index (χ1n) is 6.78. The topological polar surface area (TPSA) is 66.8 Å². The number of carbonyl (C=O) groups is 2. The van der Waals surface area contributed by atoms with E-state index in [1.165, 1.54) is 0 Å². The van der Waals surface area contributed by atoms with Crippen molar-refractivity contribution in [3.63, 3.8) is 0 Å². The molecule has 0 spiro atoms. The number of amides is 1. The van der Waals surface area contributed by atoms with Gasteiger partial charge in [-0.05, 0) is 25.7 Å². The van der Waals surface area contributed by atoms with Crippen molar-refractivity contribution in [2.24, 2.45) is 5.92 Å². The maximum Gasteiger partial charge on any atom is 0.305 e.